The van der Waals surface area contributed by atoms with Crippen LogP contribution in [0.15, 0.2) is 47.1 Å². The minimum atomic E-state index is -0.0633. The molecule has 0 saturated carbocycles. The molecule has 0 N–H and O–H groups in total. The topological polar surface area (TPSA) is 36.7 Å². The molecule has 1 atom stereocenters. The number of hydrogen-bond donors (Lipinski definition) is 0. The van der Waals surface area contributed by atoms with Gasteiger partial charge in [0.05, 0.1) is 6.26 Å². The molecule has 1 saturated heterocycles. The molecule has 4 nitrogen and oxygen atoms in total. The number of amides is 1. The molecule has 0 radical (unpaired) electrons. The molecule has 152 valence electrons. The fourth-order valence-corrected chi connectivity index (χ4v) is 4.48. The van der Waals surface area contributed by atoms with Crippen LogP contribution >= 0.6 is 11.6 Å². The first-order valence-electron chi connectivity index (χ1n) is 10.2. The molecule has 0 bridgehead atoms. The summed E-state index contributed by atoms with van der Waals surface area (Å²) in [5, 5.41) is 0.767. The van der Waals surface area contributed by atoms with Gasteiger partial charge in [-0.1, -0.05) is 43.6 Å². The smallest absolute Gasteiger partial charge is 0.289 e. The summed E-state index contributed by atoms with van der Waals surface area (Å²) in [6.45, 7) is 7.85. The first-order valence-corrected chi connectivity index (χ1v) is 10.6. The van der Waals surface area contributed by atoms with Gasteiger partial charge >= 0.3 is 0 Å². The minimum Gasteiger partial charge on any atom is -0.459 e. The van der Waals surface area contributed by atoms with Gasteiger partial charge in [0, 0.05) is 24.7 Å². The van der Waals surface area contributed by atoms with Gasteiger partial charge in [0.15, 0.2) is 5.76 Å². The normalized spacial score (nSPS) is 17.0. The van der Waals surface area contributed by atoms with E-state index >= 15 is 0 Å². The average molecular weight is 403 g/mol. The van der Waals surface area contributed by atoms with E-state index in [1.54, 1.807) is 18.4 Å². The molecule has 28 heavy (non-hydrogen) atoms. The SMILES string of the molecule is CC(C)CN1CCC([C@H](Cc2ccccc2Cl)N(C)C(=O)c2ccco2)CC1. The van der Waals surface area contributed by atoms with Crippen LogP contribution in [0.4, 0.5) is 0 Å². The first kappa shape index (κ1) is 20.9. The van der Waals surface area contributed by atoms with Crippen LogP contribution in [-0.2, 0) is 6.42 Å². The molecule has 0 unspecified atom stereocenters. The number of hydrogen-bond acceptors (Lipinski definition) is 3. The van der Waals surface area contributed by atoms with Crippen molar-refractivity contribution >= 4 is 17.5 Å². The molecule has 3 rings (SSSR count). The number of rotatable bonds is 7. The van der Waals surface area contributed by atoms with Crippen molar-refractivity contribution < 1.29 is 9.21 Å². The van der Waals surface area contributed by atoms with Crippen molar-refractivity contribution in [1.82, 2.24) is 9.80 Å². The predicted molar refractivity (Wildman–Crippen MR) is 114 cm³/mol. The summed E-state index contributed by atoms with van der Waals surface area (Å²) < 4.78 is 5.36. The molecule has 2 heterocycles. The van der Waals surface area contributed by atoms with E-state index in [1.807, 2.05) is 30.1 Å². The van der Waals surface area contributed by atoms with E-state index in [0.29, 0.717) is 17.6 Å². The van der Waals surface area contributed by atoms with Gasteiger partial charge in [-0.05, 0) is 68.0 Å². The Morgan fingerprint density at radius 1 is 1.21 bits per heavy atom. The molecule has 1 aliphatic rings. The zero-order valence-corrected chi connectivity index (χ0v) is 17.9. The van der Waals surface area contributed by atoms with Gasteiger partial charge in [-0.2, -0.15) is 0 Å². The maximum atomic E-state index is 13.0. The Labute approximate surface area is 173 Å². The molecule has 1 fully saturated rings. The van der Waals surface area contributed by atoms with E-state index in [4.69, 9.17) is 16.0 Å². The van der Waals surface area contributed by atoms with Crippen molar-refractivity contribution in [2.45, 2.75) is 39.2 Å². The van der Waals surface area contributed by atoms with Crippen molar-refractivity contribution in [3.05, 3.63) is 59.0 Å². The molecule has 0 spiro atoms. The zero-order chi connectivity index (χ0) is 20.1. The second-order valence-corrected chi connectivity index (χ2v) is 8.70. The van der Waals surface area contributed by atoms with Crippen LogP contribution < -0.4 is 0 Å². The van der Waals surface area contributed by atoms with Crippen LogP contribution in [0, 0.1) is 11.8 Å². The van der Waals surface area contributed by atoms with Crippen LogP contribution in [0.25, 0.3) is 0 Å². The van der Waals surface area contributed by atoms with Crippen LogP contribution in [0.1, 0.15) is 42.8 Å². The van der Waals surface area contributed by atoms with Crippen LogP contribution in [0.2, 0.25) is 5.02 Å². The second-order valence-electron chi connectivity index (χ2n) is 8.29. The summed E-state index contributed by atoms with van der Waals surface area (Å²) in [4.78, 5) is 17.4. The summed E-state index contributed by atoms with van der Waals surface area (Å²) in [6, 6.07) is 11.5. The lowest BCUT2D eigenvalue weighted by molar-refractivity contribution is 0.0553. The van der Waals surface area contributed by atoms with Crippen molar-refractivity contribution in [2.24, 2.45) is 11.8 Å². The molecule has 1 aromatic heterocycles. The summed E-state index contributed by atoms with van der Waals surface area (Å²) in [5.41, 5.74) is 1.10. The van der Waals surface area contributed by atoms with Gasteiger partial charge in [0.1, 0.15) is 0 Å². The van der Waals surface area contributed by atoms with Gasteiger partial charge < -0.3 is 14.2 Å². The van der Waals surface area contributed by atoms with Gasteiger partial charge in [-0.15, -0.1) is 0 Å². The number of likely N-dealkylation sites (N-methyl/N-ethyl adjacent to an activating group) is 1. The Bertz CT molecular complexity index is 752. The van der Waals surface area contributed by atoms with E-state index in [2.05, 4.69) is 24.8 Å². The number of halogens is 1. The predicted octanol–water partition coefficient (Wildman–Crippen LogP) is 4.98. The highest BCUT2D eigenvalue weighted by Gasteiger charge is 2.33. The lowest BCUT2D eigenvalue weighted by atomic mass is 9.84. The largest absolute Gasteiger partial charge is 0.459 e. The molecular formula is C23H31ClN2O2. The number of carbonyl (C=O) groups excluding carboxylic acids is 1. The third-order valence-electron chi connectivity index (χ3n) is 5.74. The van der Waals surface area contributed by atoms with Gasteiger partial charge in [-0.25, -0.2) is 0 Å². The maximum Gasteiger partial charge on any atom is 0.289 e. The highest BCUT2D eigenvalue weighted by molar-refractivity contribution is 6.31. The lowest BCUT2D eigenvalue weighted by Crippen LogP contribution is -2.47. The van der Waals surface area contributed by atoms with Crippen LogP contribution in [-0.4, -0.2) is 48.4 Å². The molecular weight excluding hydrogens is 372 g/mol. The third kappa shape index (κ3) is 5.18. The zero-order valence-electron chi connectivity index (χ0n) is 17.1. The first-order chi connectivity index (χ1) is 13.5. The number of nitrogens with zero attached hydrogens (tertiary/aromatic N) is 2. The molecule has 0 aliphatic carbocycles. The number of benzene rings is 1. The minimum absolute atomic E-state index is 0.0633. The Morgan fingerprint density at radius 2 is 1.93 bits per heavy atom. The van der Waals surface area contributed by atoms with Crippen molar-refractivity contribution in [2.75, 3.05) is 26.7 Å². The van der Waals surface area contributed by atoms with E-state index in [1.165, 1.54) is 0 Å². The molecule has 1 aromatic carbocycles. The molecule has 1 aliphatic heterocycles. The summed E-state index contributed by atoms with van der Waals surface area (Å²) >= 11 is 6.44. The van der Waals surface area contributed by atoms with E-state index in [0.717, 1.165) is 49.5 Å². The highest BCUT2D eigenvalue weighted by atomic mass is 35.5. The van der Waals surface area contributed by atoms with E-state index < -0.39 is 0 Å². The van der Waals surface area contributed by atoms with Crippen molar-refractivity contribution in [3.63, 3.8) is 0 Å². The lowest BCUT2D eigenvalue weighted by Gasteiger charge is -2.40. The Morgan fingerprint density at radius 3 is 2.54 bits per heavy atom. The number of furan rings is 1. The van der Waals surface area contributed by atoms with Gasteiger partial charge in [0.2, 0.25) is 0 Å². The summed E-state index contributed by atoms with van der Waals surface area (Å²) in [7, 11) is 1.90. The number of likely N-dealkylation sites (tertiary alicyclic amines) is 1. The molecule has 1 amide bonds. The fraction of sp³-hybridized carbons (Fsp3) is 0.522. The number of carbonyl (C=O) groups is 1. The summed E-state index contributed by atoms with van der Waals surface area (Å²) in [6.07, 6.45) is 4.50. The van der Waals surface area contributed by atoms with Gasteiger partial charge in [0.25, 0.3) is 5.91 Å². The monoisotopic (exact) mass is 402 g/mol. The maximum absolute atomic E-state index is 13.0. The second kappa shape index (κ2) is 9.62. The molecule has 5 heteroatoms. The van der Waals surface area contributed by atoms with E-state index in [9.17, 15) is 4.79 Å². The van der Waals surface area contributed by atoms with E-state index in [-0.39, 0.29) is 11.9 Å². The van der Waals surface area contributed by atoms with Gasteiger partial charge in [-0.3, -0.25) is 4.79 Å². The molecule has 2 aromatic rings. The standard InChI is InChI=1S/C23H31ClN2O2/c1-17(2)16-26-12-10-18(11-13-26)21(15-19-7-4-5-8-20(19)24)25(3)23(27)22-9-6-14-28-22/h4-9,14,17-18,21H,10-13,15-16H2,1-3H3/t21-/m0/s1. The third-order valence-corrected chi connectivity index (χ3v) is 6.11. The van der Waals surface area contributed by atoms with Crippen molar-refractivity contribution in [3.8, 4) is 0 Å². The van der Waals surface area contributed by atoms with Crippen molar-refractivity contribution in [1.29, 1.82) is 0 Å². The Balaban J connectivity index is 1.77. The quantitative estimate of drug-likeness (QED) is 0.655. The highest BCUT2D eigenvalue weighted by Crippen LogP contribution is 2.29. The number of piperidine rings is 1. The summed E-state index contributed by atoms with van der Waals surface area (Å²) in [5.74, 6) is 1.46. The van der Waals surface area contributed by atoms with Crippen LogP contribution in [0.5, 0.6) is 0 Å². The Kier molecular flexibility index (Phi) is 7.19. The Hall–Kier alpha value is -1.78. The fourth-order valence-electron chi connectivity index (χ4n) is 4.27. The average Bonchev–Trinajstić information content (AvgIpc) is 3.21. The van der Waals surface area contributed by atoms with Crippen LogP contribution in [0.3, 0.4) is 0 Å².